The quantitative estimate of drug-likeness (QED) is 0.615. The normalized spacial score (nSPS) is 22.6. The monoisotopic (exact) mass is 345 g/mol. The summed E-state index contributed by atoms with van der Waals surface area (Å²) < 4.78 is 4.60. The highest BCUT2D eigenvalue weighted by Gasteiger charge is 2.56. The largest absolute Gasteiger partial charge is 0.465 e. The number of nitrogens with one attached hydrogen (secondary N) is 2. The Labute approximate surface area is 144 Å². The van der Waals surface area contributed by atoms with E-state index in [0.29, 0.717) is 11.3 Å². The van der Waals surface area contributed by atoms with E-state index in [9.17, 15) is 19.2 Å². The molecule has 1 aliphatic carbocycles. The van der Waals surface area contributed by atoms with Gasteiger partial charge in [0.05, 0.1) is 12.7 Å². The van der Waals surface area contributed by atoms with Crippen LogP contribution < -0.4 is 10.6 Å². The van der Waals surface area contributed by atoms with Crippen LogP contribution in [0.3, 0.4) is 0 Å². The first-order valence-corrected chi connectivity index (χ1v) is 7.97. The van der Waals surface area contributed by atoms with Gasteiger partial charge in [0, 0.05) is 5.69 Å². The summed E-state index contributed by atoms with van der Waals surface area (Å²) in [7, 11) is 1.28. The van der Waals surface area contributed by atoms with Gasteiger partial charge in [0.25, 0.3) is 5.91 Å². The van der Waals surface area contributed by atoms with Crippen LogP contribution >= 0.6 is 0 Å². The van der Waals surface area contributed by atoms with Gasteiger partial charge in [0.2, 0.25) is 5.91 Å². The van der Waals surface area contributed by atoms with Crippen LogP contribution in [0.1, 0.15) is 30.1 Å². The van der Waals surface area contributed by atoms with E-state index in [1.807, 2.05) is 0 Å². The molecule has 132 valence electrons. The number of hydrogen-bond donors (Lipinski definition) is 2. The van der Waals surface area contributed by atoms with E-state index >= 15 is 0 Å². The highest BCUT2D eigenvalue weighted by molar-refractivity contribution is 6.10. The number of benzene rings is 1. The maximum atomic E-state index is 12.5. The fourth-order valence-corrected chi connectivity index (χ4v) is 2.95. The number of ether oxygens (including phenoxy) is 1. The molecule has 0 spiro atoms. The third kappa shape index (κ3) is 3.19. The van der Waals surface area contributed by atoms with Gasteiger partial charge in [0.15, 0.2) is 0 Å². The zero-order chi connectivity index (χ0) is 18.2. The molecule has 25 heavy (non-hydrogen) atoms. The third-order valence-electron chi connectivity index (χ3n) is 4.59. The Morgan fingerprint density at radius 2 is 1.92 bits per heavy atom. The van der Waals surface area contributed by atoms with Crippen LogP contribution in [0.2, 0.25) is 0 Å². The molecule has 1 heterocycles. The molecular formula is C17H19N3O5. The molecule has 1 unspecified atom stereocenters. The molecule has 1 saturated carbocycles. The summed E-state index contributed by atoms with van der Waals surface area (Å²) in [4.78, 5) is 49.0. The number of carbonyl (C=O) groups is 4. The van der Waals surface area contributed by atoms with E-state index < -0.39 is 23.4 Å². The van der Waals surface area contributed by atoms with Gasteiger partial charge >= 0.3 is 12.0 Å². The summed E-state index contributed by atoms with van der Waals surface area (Å²) in [6, 6.07) is 5.57. The third-order valence-corrected chi connectivity index (χ3v) is 4.59. The van der Waals surface area contributed by atoms with E-state index in [1.54, 1.807) is 19.1 Å². The van der Waals surface area contributed by atoms with Crippen LogP contribution in [-0.4, -0.2) is 47.9 Å². The van der Waals surface area contributed by atoms with E-state index in [-0.39, 0.29) is 18.4 Å². The van der Waals surface area contributed by atoms with Gasteiger partial charge in [-0.05, 0) is 49.9 Å². The lowest BCUT2D eigenvalue weighted by Gasteiger charge is -2.20. The van der Waals surface area contributed by atoms with Gasteiger partial charge in [-0.25, -0.2) is 9.59 Å². The number of carbonyl (C=O) groups excluding carboxylic acids is 4. The first-order chi connectivity index (χ1) is 11.8. The number of rotatable bonds is 5. The Kier molecular flexibility index (Phi) is 4.20. The molecule has 3 rings (SSSR count). The zero-order valence-corrected chi connectivity index (χ0v) is 14.0. The van der Waals surface area contributed by atoms with Crippen molar-refractivity contribution in [2.75, 3.05) is 19.0 Å². The lowest BCUT2D eigenvalue weighted by Crippen LogP contribution is -2.46. The van der Waals surface area contributed by atoms with Crippen LogP contribution in [0.4, 0.5) is 10.5 Å². The molecule has 0 bridgehead atoms. The molecule has 8 heteroatoms. The summed E-state index contributed by atoms with van der Waals surface area (Å²) in [6.07, 6.45) is 1.80. The standard InChI is InChI=1S/C17H19N3O5/c1-17(11-5-6-11)15(23)20(16(24)19-17)9-13(21)18-12-7-3-10(4-8-12)14(22)25-2/h3-4,7-8,11H,5-6,9H2,1-2H3,(H,18,21)(H,19,24). The Hall–Kier alpha value is -2.90. The number of esters is 1. The van der Waals surface area contributed by atoms with Crippen molar-refractivity contribution in [1.29, 1.82) is 0 Å². The smallest absolute Gasteiger partial charge is 0.337 e. The fourth-order valence-electron chi connectivity index (χ4n) is 2.95. The van der Waals surface area contributed by atoms with Crippen molar-refractivity contribution >= 4 is 29.5 Å². The molecule has 1 aromatic rings. The molecule has 1 aromatic carbocycles. The van der Waals surface area contributed by atoms with Crippen molar-refractivity contribution < 1.29 is 23.9 Å². The minimum atomic E-state index is -0.903. The van der Waals surface area contributed by atoms with Crippen molar-refractivity contribution in [1.82, 2.24) is 10.2 Å². The summed E-state index contributed by atoms with van der Waals surface area (Å²) in [5.41, 5.74) is -0.0936. The van der Waals surface area contributed by atoms with E-state index in [2.05, 4.69) is 15.4 Å². The Balaban J connectivity index is 1.62. The van der Waals surface area contributed by atoms with E-state index in [1.165, 1.54) is 19.2 Å². The van der Waals surface area contributed by atoms with E-state index in [4.69, 9.17) is 0 Å². The lowest BCUT2D eigenvalue weighted by atomic mass is 9.96. The van der Waals surface area contributed by atoms with Crippen molar-refractivity contribution in [3.8, 4) is 0 Å². The first-order valence-electron chi connectivity index (χ1n) is 7.97. The summed E-state index contributed by atoms with van der Waals surface area (Å²) in [5.74, 6) is -1.19. The zero-order valence-electron chi connectivity index (χ0n) is 14.0. The molecule has 4 amide bonds. The molecule has 0 aromatic heterocycles. The fraction of sp³-hybridized carbons (Fsp3) is 0.412. The van der Waals surface area contributed by atoms with Crippen LogP contribution in [0, 0.1) is 5.92 Å². The predicted octanol–water partition coefficient (Wildman–Crippen LogP) is 1.13. The number of anilines is 1. The summed E-state index contributed by atoms with van der Waals surface area (Å²) >= 11 is 0. The highest BCUT2D eigenvalue weighted by atomic mass is 16.5. The van der Waals surface area contributed by atoms with Crippen molar-refractivity contribution in [3.63, 3.8) is 0 Å². The molecular weight excluding hydrogens is 326 g/mol. The van der Waals surface area contributed by atoms with Crippen molar-refractivity contribution in [2.45, 2.75) is 25.3 Å². The van der Waals surface area contributed by atoms with Crippen LogP contribution in [0.5, 0.6) is 0 Å². The SMILES string of the molecule is COC(=O)c1ccc(NC(=O)CN2C(=O)NC(C)(C3CC3)C2=O)cc1. The minimum Gasteiger partial charge on any atom is -0.465 e. The van der Waals surface area contributed by atoms with Gasteiger partial charge in [-0.3, -0.25) is 14.5 Å². The van der Waals surface area contributed by atoms with Crippen LogP contribution in [0.25, 0.3) is 0 Å². The van der Waals surface area contributed by atoms with Gasteiger partial charge in [-0.1, -0.05) is 0 Å². The predicted molar refractivity (Wildman–Crippen MR) is 87.8 cm³/mol. The topological polar surface area (TPSA) is 105 Å². The number of amides is 4. The second-order valence-corrected chi connectivity index (χ2v) is 6.42. The lowest BCUT2D eigenvalue weighted by molar-refractivity contribution is -0.134. The Morgan fingerprint density at radius 1 is 1.28 bits per heavy atom. The minimum absolute atomic E-state index is 0.142. The molecule has 2 aliphatic rings. The van der Waals surface area contributed by atoms with Crippen LogP contribution in [0.15, 0.2) is 24.3 Å². The number of hydrogen-bond acceptors (Lipinski definition) is 5. The first kappa shape index (κ1) is 16.9. The Morgan fingerprint density at radius 3 is 2.48 bits per heavy atom. The summed E-state index contributed by atoms with van der Waals surface area (Å²) in [6.45, 7) is 1.35. The van der Waals surface area contributed by atoms with Gasteiger partial charge in [-0.15, -0.1) is 0 Å². The second-order valence-electron chi connectivity index (χ2n) is 6.42. The Bertz CT molecular complexity index is 741. The van der Waals surface area contributed by atoms with Crippen LogP contribution in [-0.2, 0) is 14.3 Å². The van der Waals surface area contributed by atoms with Crippen molar-refractivity contribution in [3.05, 3.63) is 29.8 Å². The molecule has 2 N–H and O–H groups in total. The average molecular weight is 345 g/mol. The molecule has 2 fully saturated rings. The van der Waals surface area contributed by atoms with Gasteiger partial charge in [-0.2, -0.15) is 0 Å². The molecule has 1 saturated heterocycles. The maximum absolute atomic E-state index is 12.5. The molecule has 1 aliphatic heterocycles. The summed E-state index contributed by atoms with van der Waals surface area (Å²) in [5, 5.41) is 5.30. The van der Waals surface area contributed by atoms with Gasteiger partial charge in [0.1, 0.15) is 12.1 Å². The average Bonchev–Trinajstić information content (AvgIpc) is 3.41. The molecule has 8 nitrogen and oxygen atoms in total. The van der Waals surface area contributed by atoms with Crippen molar-refractivity contribution in [2.24, 2.45) is 5.92 Å². The second kappa shape index (κ2) is 6.19. The van der Waals surface area contributed by atoms with Gasteiger partial charge < -0.3 is 15.4 Å². The number of imide groups is 1. The number of urea groups is 1. The molecule has 0 radical (unpaired) electrons. The highest BCUT2D eigenvalue weighted by Crippen LogP contribution is 2.42. The number of methoxy groups -OCH3 is 1. The number of nitrogens with zero attached hydrogens (tertiary/aromatic N) is 1. The maximum Gasteiger partial charge on any atom is 0.337 e. The molecule has 1 atom stereocenters. The van der Waals surface area contributed by atoms with E-state index in [0.717, 1.165) is 17.7 Å².